The number of aromatic nitrogens is 1. The molecule has 1 heterocycles. The molecule has 0 radical (unpaired) electrons. The number of rotatable bonds is 3. The predicted molar refractivity (Wildman–Crippen MR) is 86.6 cm³/mol. The first kappa shape index (κ1) is 13.1. The lowest BCUT2D eigenvalue weighted by Gasteiger charge is -2.11. The molecule has 1 aliphatic carbocycles. The maximum absolute atomic E-state index is 5.80. The molecule has 1 aliphatic rings. The van der Waals surface area contributed by atoms with Crippen LogP contribution in [0.25, 0.3) is 11.1 Å². The molecule has 22 heavy (non-hydrogen) atoms. The Hall–Kier alpha value is -2.61. The van der Waals surface area contributed by atoms with E-state index >= 15 is 0 Å². The van der Waals surface area contributed by atoms with Crippen molar-refractivity contribution < 1.29 is 9.57 Å². The molecule has 0 amide bonds. The smallest absolute Gasteiger partial charge is 0.246 e. The van der Waals surface area contributed by atoms with Gasteiger partial charge in [0.25, 0.3) is 0 Å². The predicted octanol–water partition coefficient (Wildman–Crippen LogP) is 3.58. The second-order valence-corrected chi connectivity index (χ2v) is 5.48. The zero-order valence-electron chi connectivity index (χ0n) is 12.6. The average Bonchev–Trinajstić information content (AvgIpc) is 2.90. The van der Waals surface area contributed by atoms with Crippen molar-refractivity contribution in [3.8, 4) is 11.1 Å². The van der Waals surface area contributed by atoms with Gasteiger partial charge in [0.2, 0.25) is 11.9 Å². The molecule has 1 aromatic heterocycles. The van der Waals surface area contributed by atoms with Crippen molar-refractivity contribution in [2.75, 3.05) is 6.61 Å². The summed E-state index contributed by atoms with van der Waals surface area (Å²) in [6, 6.07) is 23.6. The number of pyridine rings is 1. The molecule has 3 aromatic rings. The molecule has 4 rings (SSSR count). The lowest BCUT2D eigenvalue weighted by molar-refractivity contribution is -0.896. The summed E-state index contributed by atoms with van der Waals surface area (Å²) in [6.45, 7) is 2.66. The molecule has 108 valence electrons. The van der Waals surface area contributed by atoms with Crippen LogP contribution in [-0.4, -0.2) is 6.61 Å². The fourth-order valence-corrected chi connectivity index (χ4v) is 3.40. The van der Waals surface area contributed by atoms with Crippen LogP contribution in [0, 0.1) is 0 Å². The van der Waals surface area contributed by atoms with E-state index in [1.54, 1.807) is 0 Å². The third-order valence-electron chi connectivity index (χ3n) is 4.25. The van der Waals surface area contributed by atoms with Crippen LogP contribution in [0.1, 0.15) is 29.7 Å². The highest BCUT2D eigenvalue weighted by molar-refractivity contribution is 5.80. The molecule has 2 nitrogen and oxygen atoms in total. The molecule has 0 saturated heterocycles. The maximum Gasteiger partial charge on any atom is 0.246 e. The second-order valence-electron chi connectivity index (χ2n) is 5.48. The van der Waals surface area contributed by atoms with Crippen molar-refractivity contribution in [2.24, 2.45) is 0 Å². The van der Waals surface area contributed by atoms with Crippen LogP contribution >= 0.6 is 0 Å². The quantitative estimate of drug-likeness (QED) is 0.525. The zero-order chi connectivity index (χ0) is 14.9. The van der Waals surface area contributed by atoms with Gasteiger partial charge >= 0.3 is 0 Å². The van der Waals surface area contributed by atoms with Gasteiger partial charge in [0.05, 0.1) is 5.92 Å². The van der Waals surface area contributed by atoms with Crippen molar-refractivity contribution in [1.82, 2.24) is 0 Å². The summed E-state index contributed by atoms with van der Waals surface area (Å²) in [6.07, 6.45) is 1.99. The Bertz CT molecular complexity index is 780. The van der Waals surface area contributed by atoms with Gasteiger partial charge in [0, 0.05) is 16.9 Å². The van der Waals surface area contributed by atoms with E-state index in [0.29, 0.717) is 6.61 Å². The fraction of sp³-hybridized carbons (Fsp3) is 0.150. The summed E-state index contributed by atoms with van der Waals surface area (Å²) in [4.78, 5) is 5.80. The minimum absolute atomic E-state index is 0.222. The third-order valence-corrected chi connectivity index (χ3v) is 4.25. The average molecular weight is 288 g/mol. The first-order chi connectivity index (χ1) is 10.9. The van der Waals surface area contributed by atoms with Gasteiger partial charge in [0.1, 0.15) is 0 Å². The molecule has 0 aliphatic heterocycles. The van der Waals surface area contributed by atoms with Crippen molar-refractivity contribution in [2.45, 2.75) is 12.8 Å². The molecule has 0 saturated carbocycles. The van der Waals surface area contributed by atoms with Gasteiger partial charge in [-0.05, 0) is 35.2 Å². The van der Waals surface area contributed by atoms with Crippen LogP contribution in [0.4, 0.5) is 0 Å². The molecule has 2 aromatic carbocycles. The molecule has 0 unspecified atom stereocenters. The van der Waals surface area contributed by atoms with Gasteiger partial charge in [-0.1, -0.05) is 48.5 Å². The van der Waals surface area contributed by atoms with Crippen LogP contribution in [0.3, 0.4) is 0 Å². The Morgan fingerprint density at radius 2 is 1.41 bits per heavy atom. The molecule has 0 bridgehead atoms. The van der Waals surface area contributed by atoms with E-state index in [4.69, 9.17) is 4.84 Å². The standard InChI is InChI=1S/C20H18NO/c1-2-22-21-14-8-7-13-19(21)20-17-11-5-3-9-15(17)16-10-4-6-12-18(16)20/h3-14,20H,2H2,1H3/q+1. The van der Waals surface area contributed by atoms with E-state index in [0.717, 1.165) is 0 Å². The van der Waals surface area contributed by atoms with Crippen LogP contribution in [0.15, 0.2) is 72.9 Å². The van der Waals surface area contributed by atoms with Crippen molar-refractivity contribution in [1.29, 1.82) is 0 Å². The van der Waals surface area contributed by atoms with Crippen LogP contribution < -0.4 is 9.57 Å². The lowest BCUT2D eigenvalue weighted by atomic mass is 9.93. The summed E-state index contributed by atoms with van der Waals surface area (Å²) < 4.78 is 1.91. The number of benzene rings is 2. The summed E-state index contributed by atoms with van der Waals surface area (Å²) >= 11 is 0. The number of hydrogen-bond acceptors (Lipinski definition) is 1. The SMILES string of the molecule is CCO[n+]1ccccc1C1c2ccccc2-c2ccccc21. The largest absolute Gasteiger partial charge is 0.271 e. The van der Waals surface area contributed by atoms with E-state index in [9.17, 15) is 0 Å². The van der Waals surface area contributed by atoms with Crippen LogP contribution in [0.5, 0.6) is 0 Å². The Balaban J connectivity index is 1.96. The maximum atomic E-state index is 5.80. The van der Waals surface area contributed by atoms with Crippen LogP contribution in [-0.2, 0) is 0 Å². The van der Waals surface area contributed by atoms with E-state index in [2.05, 4.69) is 60.7 Å². The number of nitrogens with zero attached hydrogens (tertiary/aromatic N) is 1. The Labute approximate surface area is 130 Å². The van der Waals surface area contributed by atoms with E-state index in [1.807, 2.05) is 23.9 Å². The molecule has 2 heteroatoms. The van der Waals surface area contributed by atoms with E-state index in [1.165, 1.54) is 27.9 Å². The molecular weight excluding hydrogens is 270 g/mol. The Kier molecular flexibility index (Phi) is 3.15. The van der Waals surface area contributed by atoms with Crippen molar-refractivity contribution >= 4 is 0 Å². The summed E-state index contributed by atoms with van der Waals surface area (Å²) in [5.74, 6) is 0.222. The van der Waals surface area contributed by atoms with E-state index < -0.39 is 0 Å². The highest BCUT2D eigenvalue weighted by Crippen LogP contribution is 2.46. The minimum atomic E-state index is 0.222. The van der Waals surface area contributed by atoms with Gasteiger partial charge in [-0.15, -0.1) is 0 Å². The van der Waals surface area contributed by atoms with Crippen molar-refractivity contribution in [3.05, 3.63) is 89.7 Å². The molecule has 0 atom stereocenters. The third kappa shape index (κ3) is 1.92. The Morgan fingerprint density at radius 3 is 2.05 bits per heavy atom. The van der Waals surface area contributed by atoms with E-state index in [-0.39, 0.29) is 5.92 Å². The summed E-state index contributed by atoms with van der Waals surface area (Å²) in [5, 5.41) is 0. The zero-order valence-corrected chi connectivity index (χ0v) is 12.6. The summed E-state index contributed by atoms with van der Waals surface area (Å²) in [7, 11) is 0. The normalized spacial score (nSPS) is 12.8. The fourth-order valence-electron chi connectivity index (χ4n) is 3.40. The second kappa shape index (κ2) is 5.30. The topological polar surface area (TPSA) is 13.1 Å². The van der Waals surface area contributed by atoms with Gasteiger partial charge < -0.3 is 0 Å². The number of hydrogen-bond donors (Lipinski definition) is 0. The van der Waals surface area contributed by atoms with Gasteiger partial charge in [-0.25, -0.2) is 0 Å². The molecule has 0 fully saturated rings. The number of fused-ring (bicyclic) bond motifs is 3. The Morgan fingerprint density at radius 1 is 0.818 bits per heavy atom. The molecule has 0 N–H and O–H groups in total. The first-order valence-electron chi connectivity index (χ1n) is 7.72. The highest BCUT2D eigenvalue weighted by Gasteiger charge is 2.35. The monoisotopic (exact) mass is 288 g/mol. The van der Waals surface area contributed by atoms with Crippen molar-refractivity contribution in [3.63, 3.8) is 0 Å². The molecular formula is C20H18NO+. The highest BCUT2D eigenvalue weighted by atomic mass is 16.7. The molecule has 0 spiro atoms. The van der Waals surface area contributed by atoms with Gasteiger partial charge in [-0.2, -0.15) is 0 Å². The van der Waals surface area contributed by atoms with Gasteiger partial charge in [0.15, 0.2) is 6.61 Å². The minimum Gasteiger partial charge on any atom is -0.271 e. The lowest BCUT2D eigenvalue weighted by Crippen LogP contribution is -2.46. The van der Waals surface area contributed by atoms with Gasteiger partial charge in [-0.3, -0.25) is 4.84 Å². The first-order valence-corrected chi connectivity index (χ1v) is 7.72. The summed E-state index contributed by atoms with van der Waals surface area (Å²) in [5.41, 5.74) is 6.53. The van der Waals surface area contributed by atoms with Crippen LogP contribution in [0.2, 0.25) is 0 Å².